The third-order valence-electron chi connectivity index (χ3n) is 12.3. The van der Waals surface area contributed by atoms with Crippen LogP contribution < -0.4 is 0 Å². The molecule has 4 heterocycles. The Bertz CT molecular complexity index is 3860. The molecule has 0 saturated carbocycles. The number of hydrogen-bond donors (Lipinski definition) is 0. The molecule has 0 amide bonds. The van der Waals surface area contributed by atoms with Crippen LogP contribution in [0.25, 0.3) is 120 Å². The van der Waals surface area contributed by atoms with Crippen LogP contribution in [0.3, 0.4) is 0 Å². The van der Waals surface area contributed by atoms with Gasteiger partial charge in [-0.15, -0.1) is 11.3 Å². The van der Waals surface area contributed by atoms with E-state index in [0.29, 0.717) is 5.95 Å². The number of benzene rings is 9. The van der Waals surface area contributed by atoms with Crippen LogP contribution in [0.5, 0.6) is 0 Å². The maximum Gasteiger partial charge on any atom is 0.235 e. The van der Waals surface area contributed by atoms with E-state index in [1.54, 1.807) is 0 Å². The second-order valence-electron chi connectivity index (χ2n) is 15.7. The van der Waals surface area contributed by atoms with Crippen LogP contribution in [0.15, 0.2) is 206 Å². The van der Waals surface area contributed by atoms with Gasteiger partial charge in [0.05, 0.1) is 33.3 Å². The number of para-hydroxylation sites is 2. The second kappa shape index (κ2) is 13.3. The molecular formula is C56H34N4S. The maximum absolute atomic E-state index is 5.57. The molecule has 284 valence electrons. The summed E-state index contributed by atoms with van der Waals surface area (Å²) >= 11 is 1.81. The van der Waals surface area contributed by atoms with E-state index in [0.717, 1.165) is 38.9 Å². The van der Waals surface area contributed by atoms with Crippen molar-refractivity contribution in [1.82, 2.24) is 19.1 Å². The van der Waals surface area contributed by atoms with Gasteiger partial charge in [-0.2, -0.15) is 0 Å². The lowest BCUT2D eigenvalue weighted by Gasteiger charge is -2.13. The van der Waals surface area contributed by atoms with Gasteiger partial charge in [-0.25, -0.2) is 9.97 Å². The van der Waals surface area contributed by atoms with Gasteiger partial charge in [0.25, 0.3) is 0 Å². The minimum absolute atomic E-state index is 0.654. The van der Waals surface area contributed by atoms with Crippen molar-refractivity contribution in [2.75, 3.05) is 0 Å². The summed E-state index contributed by atoms with van der Waals surface area (Å²) in [5.41, 5.74) is 12.2. The Balaban J connectivity index is 1.09. The molecule has 4 aromatic heterocycles. The first kappa shape index (κ1) is 34.0. The topological polar surface area (TPSA) is 35.6 Å². The summed E-state index contributed by atoms with van der Waals surface area (Å²) in [7, 11) is 0. The van der Waals surface area contributed by atoms with E-state index in [-0.39, 0.29) is 0 Å². The van der Waals surface area contributed by atoms with Crippen molar-refractivity contribution < 1.29 is 0 Å². The minimum atomic E-state index is 0.654. The van der Waals surface area contributed by atoms with Gasteiger partial charge in [0.1, 0.15) is 0 Å². The van der Waals surface area contributed by atoms with Crippen LogP contribution in [-0.2, 0) is 0 Å². The molecule has 4 nitrogen and oxygen atoms in total. The van der Waals surface area contributed by atoms with Gasteiger partial charge < -0.3 is 4.57 Å². The van der Waals surface area contributed by atoms with E-state index >= 15 is 0 Å². The molecule has 0 spiro atoms. The molecule has 13 aromatic rings. The Morgan fingerprint density at radius 1 is 0.377 bits per heavy atom. The predicted octanol–water partition coefficient (Wildman–Crippen LogP) is 15.2. The van der Waals surface area contributed by atoms with Crippen LogP contribution in [0.2, 0.25) is 0 Å². The van der Waals surface area contributed by atoms with Crippen molar-refractivity contribution >= 4 is 86.7 Å². The van der Waals surface area contributed by atoms with Gasteiger partial charge >= 0.3 is 0 Å². The lowest BCUT2D eigenvalue weighted by Crippen LogP contribution is -2.03. The normalized spacial score (nSPS) is 11.9. The van der Waals surface area contributed by atoms with Gasteiger partial charge in [-0.05, 0) is 87.4 Å². The zero-order chi connectivity index (χ0) is 40.0. The molecule has 0 fully saturated rings. The summed E-state index contributed by atoms with van der Waals surface area (Å²) in [6.07, 6.45) is 0. The fraction of sp³-hybridized carbons (Fsp3) is 0. The Labute approximate surface area is 354 Å². The molecule has 0 N–H and O–H groups in total. The zero-order valence-electron chi connectivity index (χ0n) is 32.8. The Hall–Kier alpha value is -7.86. The quantitative estimate of drug-likeness (QED) is 0.174. The fourth-order valence-electron chi connectivity index (χ4n) is 9.64. The molecular weight excluding hydrogens is 761 g/mol. The van der Waals surface area contributed by atoms with E-state index < -0.39 is 0 Å². The lowest BCUT2D eigenvalue weighted by molar-refractivity contribution is 1.01. The first-order valence-corrected chi connectivity index (χ1v) is 21.5. The number of hydrogen-bond acceptors (Lipinski definition) is 3. The number of aromatic nitrogens is 4. The molecule has 0 saturated heterocycles. The van der Waals surface area contributed by atoms with Gasteiger partial charge in [-0.1, -0.05) is 152 Å². The third-order valence-corrected chi connectivity index (χ3v) is 13.5. The highest BCUT2D eigenvalue weighted by Crippen LogP contribution is 2.44. The first-order chi connectivity index (χ1) is 30.3. The third kappa shape index (κ3) is 5.18. The summed E-state index contributed by atoms with van der Waals surface area (Å²) in [6, 6.07) is 74.2. The molecule has 5 heteroatoms. The summed E-state index contributed by atoms with van der Waals surface area (Å²) in [6.45, 7) is 0. The lowest BCUT2D eigenvalue weighted by atomic mass is 9.97. The standard InChI is InChI=1S/C56H34N4S/c1-4-16-36(17-5-1)50-34-39-27-30-45-53(55(39)61-50)54(37-18-6-2-7-19-37)58-56(57-45)60-47-31-29-38(33-44(47)52-41-22-11-10-15-35(41)28-32-49(52)60)42-24-14-26-48-51(42)43-23-12-13-25-46(43)59(48)40-20-8-3-9-21-40/h1-34H. The van der Waals surface area contributed by atoms with Crippen molar-refractivity contribution in [3.05, 3.63) is 206 Å². The molecule has 0 radical (unpaired) electrons. The summed E-state index contributed by atoms with van der Waals surface area (Å²) in [5, 5.41) is 9.52. The minimum Gasteiger partial charge on any atom is -0.309 e. The summed E-state index contributed by atoms with van der Waals surface area (Å²) < 4.78 is 5.87. The molecule has 0 aliphatic rings. The highest BCUT2D eigenvalue weighted by molar-refractivity contribution is 7.23. The molecule has 0 aliphatic carbocycles. The molecule has 0 aliphatic heterocycles. The van der Waals surface area contributed by atoms with E-state index in [2.05, 4.69) is 215 Å². The molecule has 9 aromatic carbocycles. The highest BCUT2D eigenvalue weighted by atomic mass is 32.1. The highest BCUT2D eigenvalue weighted by Gasteiger charge is 2.22. The number of fused-ring (bicyclic) bond motifs is 11. The SMILES string of the molecule is c1ccc(-c2cc3ccc4nc(-n5c6ccc(-c7cccc8c7c7ccccc7n8-c7ccccc7)cc6c6c7ccccc7ccc65)nc(-c5ccccc5)c4c3s2)cc1. The zero-order valence-corrected chi connectivity index (χ0v) is 33.6. The number of nitrogens with zero attached hydrogens (tertiary/aromatic N) is 4. The van der Waals surface area contributed by atoms with Crippen LogP contribution in [0, 0.1) is 0 Å². The average Bonchev–Trinajstić information content (AvgIpc) is 4.02. The number of thiophene rings is 1. The smallest absolute Gasteiger partial charge is 0.235 e. The van der Waals surface area contributed by atoms with E-state index in [1.807, 2.05) is 11.3 Å². The monoisotopic (exact) mass is 794 g/mol. The maximum atomic E-state index is 5.57. The summed E-state index contributed by atoms with van der Waals surface area (Å²) in [5.74, 6) is 0.654. The Morgan fingerprint density at radius 2 is 1.03 bits per heavy atom. The predicted molar refractivity (Wildman–Crippen MR) is 257 cm³/mol. The van der Waals surface area contributed by atoms with Crippen LogP contribution >= 0.6 is 11.3 Å². The molecule has 0 atom stereocenters. The fourth-order valence-corrected chi connectivity index (χ4v) is 10.8. The molecule has 13 rings (SSSR count). The van der Waals surface area contributed by atoms with Gasteiger partial charge in [0, 0.05) is 47.8 Å². The largest absolute Gasteiger partial charge is 0.309 e. The second-order valence-corrected chi connectivity index (χ2v) is 16.8. The molecule has 0 unspecified atom stereocenters. The van der Waals surface area contributed by atoms with E-state index in [9.17, 15) is 0 Å². The molecule has 61 heavy (non-hydrogen) atoms. The number of rotatable bonds is 5. The van der Waals surface area contributed by atoms with Gasteiger partial charge in [0.15, 0.2) is 0 Å². The van der Waals surface area contributed by atoms with E-state index in [1.165, 1.54) is 75.0 Å². The van der Waals surface area contributed by atoms with E-state index in [4.69, 9.17) is 9.97 Å². The van der Waals surface area contributed by atoms with Crippen molar-refractivity contribution in [2.45, 2.75) is 0 Å². The van der Waals surface area contributed by atoms with Crippen LogP contribution in [0.1, 0.15) is 0 Å². The van der Waals surface area contributed by atoms with Gasteiger partial charge in [0.2, 0.25) is 5.95 Å². The molecule has 0 bridgehead atoms. The Kier molecular flexibility index (Phi) is 7.44. The van der Waals surface area contributed by atoms with Crippen molar-refractivity contribution in [3.63, 3.8) is 0 Å². The van der Waals surface area contributed by atoms with Crippen molar-refractivity contribution in [2.24, 2.45) is 0 Å². The van der Waals surface area contributed by atoms with Gasteiger partial charge in [-0.3, -0.25) is 4.57 Å². The van der Waals surface area contributed by atoms with Crippen LogP contribution in [-0.4, -0.2) is 19.1 Å². The van der Waals surface area contributed by atoms with Crippen molar-refractivity contribution in [3.8, 4) is 44.5 Å². The average molecular weight is 795 g/mol. The first-order valence-electron chi connectivity index (χ1n) is 20.7. The summed E-state index contributed by atoms with van der Waals surface area (Å²) in [4.78, 5) is 12.3. The van der Waals surface area contributed by atoms with Crippen LogP contribution in [0.4, 0.5) is 0 Å². The Morgan fingerprint density at radius 3 is 1.87 bits per heavy atom. The van der Waals surface area contributed by atoms with Crippen molar-refractivity contribution in [1.29, 1.82) is 0 Å².